The second kappa shape index (κ2) is 7.98. The molecule has 34 heavy (non-hydrogen) atoms. The maximum atomic E-state index is 13.1. The zero-order valence-electron chi connectivity index (χ0n) is 20.8. The van der Waals surface area contributed by atoms with Gasteiger partial charge in [0.2, 0.25) is 0 Å². The molecule has 2 heterocycles. The summed E-state index contributed by atoms with van der Waals surface area (Å²) in [5, 5.41) is 4.26. The minimum Gasteiger partial charge on any atom is -0.464 e. The van der Waals surface area contributed by atoms with Crippen LogP contribution in [0.1, 0.15) is 60.2 Å². The molecule has 4 heteroatoms. The number of nitrogens with one attached hydrogen (secondary N) is 1. The predicted molar refractivity (Wildman–Crippen MR) is 136 cm³/mol. The van der Waals surface area contributed by atoms with Gasteiger partial charge in [-0.15, -0.1) is 0 Å². The van der Waals surface area contributed by atoms with Gasteiger partial charge >= 0.3 is 0 Å². The summed E-state index contributed by atoms with van der Waals surface area (Å²) in [6, 6.07) is 15.4. The Hall–Kier alpha value is -2.59. The summed E-state index contributed by atoms with van der Waals surface area (Å²) in [5.74, 6) is 1.63. The summed E-state index contributed by atoms with van der Waals surface area (Å²) in [7, 11) is 2.51. The van der Waals surface area contributed by atoms with Crippen molar-refractivity contribution in [2.75, 3.05) is 26.7 Å². The Labute approximate surface area is 202 Å². The van der Waals surface area contributed by atoms with E-state index in [1.54, 1.807) is 6.26 Å². The molecule has 2 aromatic carbocycles. The lowest BCUT2D eigenvalue weighted by atomic mass is 9.58. The van der Waals surface area contributed by atoms with Gasteiger partial charge in [0.05, 0.1) is 32.4 Å². The average Bonchev–Trinajstić information content (AvgIpc) is 3.51. The van der Waals surface area contributed by atoms with Crippen molar-refractivity contribution in [3.05, 3.63) is 71.0 Å². The molecule has 1 amide bonds. The maximum Gasteiger partial charge on any atom is 0.251 e. The maximum absolute atomic E-state index is 13.1. The fourth-order valence-electron chi connectivity index (χ4n) is 6.99. The normalized spacial score (nSPS) is 30.2. The number of quaternary nitrogens is 1. The molecule has 0 spiro atoms. The van der Waals surface area contributed by atoms with Crippen LogP contribution in [0.25, 0.3) is 11.0 Å². The monoisotopic (exact) mass is 457 g/mol. The van der Waals surface area contributed by atoms with Crippen molar-refractivity contribution in [3.8, 4) is 0 Å². The number of carbonyl (C=O) groups excluding carboxylic acids is 1. The topological polar surface area (TPSA) is 42.2 Å². The average molecular weight is 458 g/mol. The third-order valence-electron chi connectivity index (χ3n) is 9.53. The molecule has 2 fully saturated rings. The lowest BCUT2D eigenvalue weighted by Crippen LogP contribution is -2.67. The van der Waals surface area contributed by atoms with Gasteiger partial charge in [-0.25, -0.2) is 0 Å². The van der Waals surface area contributed by atoms with E-state index in [4.69, 9.17) is 4.42 Å². The zero-order chi connectivity index (χ0) is 23.5. The van der Waals surface area contributed by atoms with Crippen LogP contribution in [-0.2, 0) is 18.3 Å². The van der Waals surface area contributed by atoms with Gasteiger partial charge in [0, 0.05) is 47.6 Å². The lowest BCUT2D eigenvalue weighted by Gasteiger charge is -2.58. The molecule has 3 aliphatic rings. The van der Waals surface area contributed by atoms with Crippen molar-refractivity contribution in [3.63, 3.8) is 0 Å². The van der Waals surface area contributed by atoms with Gasteiger partial charge in [-0.3, -0.25) is 4.79 Å². The highest BCUT2D eigenvalue weighted by Crippen LogP contribution is 2.51. The van der Waals surface area contributed by atoms with Crippen LogP contribution < -0.4 is 5.32 Å². The molecule has 1 aliphatic heterocycles. The second-order valence-corrected chi connectivity index (χ2v) is 11.7. The molecule has 4 nitrogen and oxygen atoms in total. The number of furan rings is 1. The highest BCUT2D eigenvalue weighted by atomic mass is 16.3. The third-order valence-corrected chi connectivity index (χ3v) is 9.53. The smallest absolute Gasteiger partial charge is 0.251 e. The summed E-state index contributed by atoms with van der Waals surface area (Å²) >= 11 is 0. The molecule has 4 atom stereocenters. The van der Waals surface area contributed by atoms with E-state index in [0.29, 0.717) is 18.5 Å². The van der Waals surface area contributed by atoms with Crippen LogP contribution in [0, 0.1) is 11.8 Å². The molecule has 3 aromatic rings. The van der Waals surface area contributed by atoms with Crippen molar-refractivity contribution in [2.24, 2.45) is 11.8 Å². The fourth-order valence-corrected chi connectivity index (χ4v) is 6.99. The number of carbonyl (C=O) groups is 1. The zero-order valence-corrected chi connectivity index (χ0v) is 20.8. The van der Waals surface area contributed by atoms with E-state index >= 15 is 0 Å². The first-order valence-electron chi connectivity index (χ1n) is 13.1. The number of likely N-dealkylation sites (N-methyl/N-ethyl adjacent to an activating group) is 1. The number of benzene rings is 2. The van der Waals surface area contributed by atoms with E-state index in [9.17, 15) is 4.79 Å². The molecule has 2 unspecified atom stereocenters. The molecule has 2 aliphatic carbocycles. The van der Waals surface area contributed by atoms with E-state index in [1.165, 1.54) is 53.5 Å². The summed E-state index contributed by atoms with van der Waals surface area (Å²) < 4.78 is 6.67. The Morgan fingerprint density at radius 1 is 1.18 bits per heavy atom. The van der Waals surface area contributed by atoms with Gasteiger partial charge in [-0.1, -0.05) is 26.0 Å². The molecule has 178 valence electrons. The van der Waals surface area contributed by atoms with Crippen molar-refractivity contribution in [2.45, 2.75) is 57.4 Å². The van der Waals surface area contributed by atoms with Crippen molar-refractivity contribution < 1.29 is 13.7 Å². The van der Waals surface area contributed by atoms with Crippen molar-refractivity contribution in [1.82, 2.24) is 5.32 Å². The number of rotatable bonds is 6. The summed E-state index contributed by atoms with van der Waals surface area (Å²) in [6.45, 7) is 8.18. The lowest BCUT2D eigenvalue weighted by molar-refractivity contribution is -0.946. The minimum atomic E-state index is 0.0377. The first kappa shape index (κ1) is 21.9. The van der Waals surface area contributed by atoms with Crippen LogP contribution >= 0.6 is 0 Å². The van der Waals surface area contributed by atoms with Gasteiger partial charge in [-0.2, -0.15) is 0 Å². The van der Waals surface area contributed by atoms with Crippen LogP contribution in [0.4, 0.5) is 0 Å². The molecular formula is C30H37N2O2+. The van der Waals surface area contributed by atoms with Crippen LogP contribution in [0.15, 0.2) is 53.1 Å². The quantitative estimate of drug-likeness (QED) is 0.498. The molecule has 1 aromatic heterocycles. The van der Waals surface area contributed by atoms with E-state index < -0.39 is 0 Å². The number of hydrogen-bond donors (Lipinski definition) is 1. The van der Waals surface area contributed by atoms with Crippen molar-refractivity contribution in [1.29, 1.82) is 0 Å². The minimum absolute atomic E-state index is 0.0377. The van der Waals surface area contributed by atoms with Crippen LogP contribution in [0.2, 0.25) is 0 Å². The number of piperidine rings is 1. The first-order valence-corrected chi connectivity index (χ1v) is 13.1. The molecule has 2 bridgehead atoms. The first-order chi connectivity index (χ1) is 16.4. The Morgan fingerprint density at radius 3 is 2.85 bits per heavy atom. The Bertz CT molecular complexity index is 1240. The fraction of sp³-hybridized carbons (Fsp3) is 0.500. The van der Waals surface area contributed by atoms with Crippen LogP contribution in [0.3, 0.4) is 0 Å². The highest BCUT2D eigenvalue weighted by Gasteiger charge is 2.55. The molecule has 1 saturated carbocycles. The van der Waals surface area contributed by atoms with Gasteiger partial charge in [-0.05, 0) is 66.3 Å². The standard InChI is InChI=1S/C30H36N2O2/c1-20-27-18-23-7-8-25(17-26(23)30(20,2)12-14-32(27,3)19-22-4-5-22)29(33)31-13-10-21-6-9-28-24(16-21)11-15-34-28/h6-9,11,15-17,20,22,27H,4-5,10,12-14,18-19H2,1-3H3/p+1/t20-,27?,30?,32-/m0/s1. The summed E-state index contributed by atoms with van der Waals surface area (Å²) in [4.78, 5) is 13.1. The number of likely N-dealkylation sites (tertiary alicyclic amines) is 1. The van der Waals surface area contributed by atoms with Gasteiger partial charge in [0.1, 0.15) is 5.58 Å². The van der Waals surface area contributed by atoms with Gasteiger partial charge < -0.3 is 14.2 Å². The van der Waals surface area contributed by atoms with E-state index in [1.807, 2.05) is 18.2 Å². The molecule has 0 radical (unpaired) electrons. The number of fused-ring (bicyclic) bond motifs is 5. The SMILES string of the molecule is C[C@H]1C2Cc3ccc(C(=O)NCCc4ccc5occc5c4)cc3C1(C)CC[N@@+]2(C)CC1CC1. The van der Waals surface area contributed by atoms with Crippen LogP contribution in [0.5, 0.6) is 0 Å². The molecule has 1 saturated heterocycles. The Balaban J connectivity index is 1.17. The Morgan fingerprint density at radius 2 is 2.03 bits per heavy atom. The molecule has 1 N–H and O–H groups in total. The molecule has 6 rings (SSSR count). The van der Waals surface area contributed by atoms with E-state index in [-0.39, 0.29) is 11.3 Å². The van der Waals surface area contributed by atoms with E-state index in [0.717, 1.165) is 35.3 Å². The second-order valence-electron chi connectivity index (χ2n) is 11.7. The van der Waals surface area contributed by atoms with Crippen LogP contribution in [-0.4, -0.2) is 43.1 Å². The number of amides is 1. The van der Waals surface area contributed by atoms with Gasteiger partial charge in [0.15, 0.2) is 0 Å². The summed E-state index contributed by atoms with van der Waals surface area (Å²) in [6.07, 6.45) is 7.75. The largest absolute Gasteiger partial charge is 0.464 e. The predicted octanol–water partition coefficient (Wildman–Crippen LogP) is 5.48. The summed E-state index contributed by atoms with van der Waals surface area (Å²) in [5.41, 5.74) is 5.97. The Kier molecular flexibility index (Phi) is 5.14. The number of nitrogens with zero attached hydrogens (tertiary/aromatic N) is 1. The van der Waals surface area contributed by atoms with Gasteiger partial charge in [0.25, 0.3) is 5.91 Å². The number of hydrogen-bond acceptors (Lipinski definition) is 2. The van der Waals surface area contributed by atoms with Crippen molar-refractivity contribution >= 4 is 16.9 Å². The highest BCUT2D eigenvalue weighted by molar-refractivity contribution is 5.94. The molecular weight excluding hydrogens is 420 g/mol. The van der Waals surface area contributed by atoms with E-state index in [2.05, 4.69) is 50.5 Å². The third kappa shape index (κ3) is 3.67.